The number of rotatable bonds is 6. The highest BCUT2D eigenvalue weighted by Gasteiger charge is 2.22. The Morgan fingerprint density at radius 3 is 1.63 bits per heavy atom. The SMILES string of the molecule is c1ccc(-c2nc(-c3ccccc3-c3ccccc3)cc(-c3cccc4c(-n5c6ccccc6c6c5ccc5c7ccccc7n(-c7ccccc7)c56)cccc34)n2)cc1. The van der Waals surface area contributed by atoms with Crippen molar-refractivity contribution in [3.05, 3.63) is 218 Å². The van der Waals surface area contributed by atoms with E-state index in [-0.39, 0.29) is 0 Å². The van der Waals surface area contributed by atoms with Crippen LogP contribution in [0.2, 0.25) is 0 Å². The lowest BCUT2D eigenvalue weighted by Gasteiger charge is -2.16. The van der Waals surface area contributed by atoms with Gasteiger partial charge < -0.3 is 9.13 Å². The van der Waals surface area contributed by atoms with Gasteiger partial charge in [-0.15, -0.1) is 0 Å². The van der Waals surface area contributed by atoms with E-state index in [0.717, 1.165) is 72.4 Å². The molecule has 12 rings (SSSR count). The van der Waals surface area contributed by atoms with Crippen LogP contribution in [0.15, 0.2) is 218 Å². The second-order valence-electron chi connectivity index (χ2n) is 15.3. The molecule has 0 saturated carbocycles. The second-order valence-corrected chi connectivity index (χ2v) is 15.3. The Morgan fingerprint density at radius 1 is 0.317 bits per heavy atom. The maximum Gasteiger partial charge on any atom is 0.160 e. The first-order valence-electron chi connectivity index (χ1n) is 20.4. The third kappa shape index (κ3) is 5.32. The van der Waals surface area contributed by atoms with Crippen LogP contribution < -0.4 is 0 Å². The minimum atomic E-state index is 0.694. The van der Waals surface area contributed by atoms with Crippen molar-refractivity contribution in [2.75, 3.05) is 0 Å². The highest BCUT2D eigenvalue weighted by molar-refractivity contribution is 6.26. The van der Waals surface area contributed by atoms with Crippen LogP contribution in [-0.4, -0.2) is 19.1 Å². The van der Waals surface area contributed by atoms with Gasteiger partial charge in [-0.1, -0.05) is 176 Å². The fraction of sp³-hybridized carbons (Fsp3) is 0. The Labute approximate surface area is 346 Å². The van der Waals surface area contributed by atoms with Crippen LogP contribution in [-0.2, 0) is 0 Å². The molecule has 60 heavy (non-hydrogen) atoms. The van der Waals surface area contributed by atoms with Crippen LogP contribution >= 0.6 is 0 Å². The molecular formula is C56H36N4. The Kier molecular flexibility index (Phi) is 7.82. The number of hydrogen-bond donors (Lipinski definition) is 0. The summed E-state index contributed by atoms with van der Waals surface area (Å²) >= 11 is 0. The largest absolute Gasteiger partial charge is 0.309 e. The average Bonchev–Trinajstić information content (AvgIpc) is 3.85. The average molecular weight is 765 g/mol. The number of nitrogens with zero attached hydrogens (tertiary/aromatic N) is 4. The molecule has 0 aliphatic rings. The topological polar surface area (TPSA) is 35.6 Å². The smallest absolute Gasteiger partial charge is 0.160 e. The molecular weight excluding hydrogens is 729 g/mol. The third-order valence-electron chi connectivity index (χ3n) is 11.9. The van der Waals surface area contributed by atoms with Crippen LogP contribution in [0.5, 0.6) is 0 Å². The molecule has 4 nitrogen and oxygen atoms in total. The maximum absolute atomic E-state index is 5.32. The van der Waals surface area contributed by atoms with Gasteiger partial charge in [-0.05, 0) is 59.0 Å². The lowest BCUT2D eigenvalue weighted by atomic mass is 9.95. The minimum absolute atomic E-state index is 0.694. The van der Waals surface area contributed by atoms with Crippen molar-refractivity contribution in [3.63, 3.8) is 0 Å². The predicted octanol–water partition coefficient (Wildman–Crippen LogP) is 14.5. The Bertz CT molecular complexity index is 3580. The summed E-state index contributed by atoms with van der Waals surface area (Å²) in [5.74, 6) is 0.694. The van der Waals surface area contributed by atoms with Gasteiger partial charge in [0.15, 0.2) is 5.82 Å². The summed E-state index contributed by atoms with van der Waals surface area (Å²) in [6.07, 6.45) is 0. The molecule has 0 unspecified atom stereocenters. The van der Waals surface area contributed by atoms with E-state index < -0.39 is 0 Å². The molecule has 4 heteroatoms. The fourth-order valence-electron chi connectivity index (χ4n) is 9.34. The van der Waals surface area contributed by atoms with Crippen LogP contribution in [0.1, 0.15) is 0 Å². The van der Waals surface area contributed by atoms with Gasteiger partial charge in [-0.2, -0.15) is 0 Å². The van der Waals surface area contributed by atoms with Crippen LogP contribution in [0.4, 0.5) is 0 Å². The van der Waals surface area contributed by atoms with E-state index in [1.807, 2.05) is 18.2 Å². The van der Waals surface area contributed by atoms with E-state index in [1.165, 1.54) is 32.6 Å². The summed E-state index contributed by atoms with van der Waals surface area (Å²) in [4.78, 5) is 10.6. The van der Waals surface area contributed by atoms with Gasteiger partial charge in [0.1, 0.15) is 0 Å². The molecule has 0 saturated heterocycles. The molecule has 280 valence electrons. The van der Waals surface area contributed by atoms with Gasteiger partial charge >= 0.3 is 0 Å². The van der Waals surface area contributed by atoms with E-state index in [2.05, 4.69) is 209 Å². The van der Waals surface area contributed by atoms with Gasteiger partial charge in [0.2, 0.25) is 0 Å². The molecule has 0 fully saturated rings. The first-order chi connectivity index (χ1) is 29.8. The first-order valence-corrected chi connectivity index (χ1v) is 20.4. The third-order valence-corrected chi connectivity index (χ3v) is 11.9. The number of hydrogen-bond acceptors (Lipinski definition) is 2. The van der Waals surface area contributed by atoms with Crippen LogP contribution in [0.25, 0.3) is 111 Å². The van der Waals surface area contributed by atoms with Gasteiger partial charge in [-0.25, -0.2) is 9.97 Å². The molecule has 3 heterocycles. The van der Waals surface area contributed by atoms with Crippen LogP contribution in [0, 0.1) is 0 Å². The minimum Gasteiger partial charge on any atom is -0.309 e. The highest BCUT2D eigenvalue weighted by atomic mass is 15.0. The molecule has 0 amide bonds. The standard InChI is InChI=1S/C56H36N4/c1-4-18-37(19-5-1)40-24-10-11-25-42(40)48-36-49(58-56(57-48)38-20-6-2-7-21-38)43-29-16-30-44-41(43)28-17-33-51(44)60-52-32-15-13-27-47(52)54-53(60)35-34-46-45-26-12-14-31-50(45)59(55(46)54)39-22-8-3-9-23-39/h1-36H. The molecule has 0 atom stereocenters. The maximum atomic E-state index is 5.32. The van der Waals surface area contributed by atoms with Crippen molar-refractivity contribution >= 4 is 54.4 Å². The zero-order valence-corrected chi connectivity index (χ0v) is 32.6. The van der Waals surface area contributed by atoms with Gasteiger partial charge in [0.05, 0.1) is 39.1 Å². The van der Waals surface area contributed by atoms with E-state index in [1.54, 1.807) is 0 Å². The second kappa shape index (κ2) is 13.8. The Morgan fingerprint density at radius 2 is 0.867 bits per heavy atom. The monoisotopic (exact) mass is 764 g/mol. The van der Waals surface area contributed by atoms with E-state index in [4.69, 9.17) is 9.97 Å². The molecule has 12 aromatic rings. The number of para-hydroxylation sites is 3. The van der Waals surface area contributed by atoms with E-state index in [0.29, 0.717) is 5.82 Å². The molecule has 3 aromatic heterocycles. The number of fused-ring (bicyclic) bond motifs is 8. The summed E-state index contributed by atoms with van der Waals surface area (Å²) < 4.78 is 4.90. The zero-order valence-electron chi connectivity index (χ0n) is 32.6. The lowest BCUT2D eigenvalue weighted by molar-refractivity contribution is 1.18. The number of aromatic nitrogens is 4. The fourth-order valence-corrected chi connectivity index (χ4v) is 9.34. The number of benzene rings is 9. The summed E-state index contributed by atoms with van der Waals surface area (Å²) in [5.41, 5.74) is 14.1. The zero-order chi connectivity index (χ0) is 39.6. The van der Waals surface area contributed by atoms with Crippen molar-refractivity contribution in [3.8, 4) is 56.4 Å². The van der Waals surface area contributed by atoms with Crippen molar-refractivity contribution in [2.45, 2.75) is 0 Å². The van der Waals surface area contributed by atoms with Crippen molar-refractivity contribution in [1.29, 1.82) is 0 Å². The molecule has 0 spiro atoms. The van der Waals surface area contributed by atoms with Gasteiger partial charge in [-0.3, -0.25) is 0 Å². The summed E-state index contributed by atoms with van der Waals surface area (Å²) in [6, 6.07) is 77.8. The molecule has 0 bridgehead atoms. The summed E-state index contributed by atoms with van der Waals surface area (Å²) in [7, 11) is 0. The molecule has 0 aliphatic heterocycles. The predicted molar refractivity (Wildman–Crippen MR) is 250 cm³/mol. The highest BCUT2D eigenvalue weighted by Crippen LogP contribution is 2.44. The first kappa shape index (κ1) is 34.0. The van der Waals surface area contributed by atoms with Gasteiger partial charge in [0.25, 0.3) is 0 Å². The van der Waals surface area contributed by atoms with Crippen LogP contribution in [0.3, 0.4) is 0 Å². The summed E-state index contributed by atoms with van der Waals surface area (Å²) in [6.45, 7) is 0. The van der Waals surface area contributed by atoms with Crippen molar-refractivity contribution in [1.82, 2.24) is 19.1 Å². The Balaban J connectivity index is 1.12. The Hall–Kier alpha value is -8.08. The molecule has 9 aromatic carbocycles. The molecule has 0 radical (unpaired) electrons. The molecule has 0 aliphatic carbocycles. The van der Waals surface area contributed by atoms with E-state index in [9.17, 15) is 0 Å². The van der Waals surface area contributed by atoms with E-state index >= 15 is 0 Å². The van der Waals surface area contributed by atoms with Crippen molar-refractivity contribution < 1.29 is 0 Å². The lowest BCUT2D eigenvalue weighted by Crippen LogP contribution is -1.99. The summed E-state index contributed by atoms with van der Waals surface area (Å²) in [5, 5.41) is 7.22. The van der Waals surface area contributed by atoms with Crippen molar-refractivity contribution in [2.24, 2.45) is 0 Å². The van der Waals surface area contributed by atoms with Gasteiger partial charge in [0, 0.05) is 49.3 Å². The normalized spacial score (nSPS) is 11.7. The quantitative estimate of drug-likeness (QED) is 0.169. The molecule has 0 N–H and O–H groups in total.